The van der Waals surface area contributed by atoms with Crippen molar-refractivity contribution in [1.29, 1.82) is 0 Å². The van der Waals surface area contributed by atoms with Crippen molar-refractivity contribution in [1.82, 2.24) is 0 Å². The van der Waals surface area contributed by atoms with Crippen LogP contribution in [0.5, 0.6) is 0 Å². The molecular formula is C18H18ClF2NO3. The van der Waals surface area contributed by atoms with Gasteiger partial charge >= 0.3 is 0 Å². The number of ketones is 1. The van der Waals surface area contributed by atoms with Gasteiger partial charge < -0.3 is 5.11 Å². The highest BCUT2D eigenvalue weighted by molar-refractivity contribution is 6.30. The number of carbonyl (C=O) groups is 2. The van der Waals surface area contributed by atoms with E-state index in [1.165, 1.54) is 6.92 Å². The molecule has 1 aliphatic carbocycles. The summed E-state index contributed by atoms with van der Waals surface area (Å²) in [6.45, 7) is 1.24. The van der Waals surface area contributed by atoms with Gasteiger partial charge in [0.2, 0.25) is 0 Å². The van der Waals surface area contributed by atoms with Crippen molar-refractivity contribution in [2.45, 2.75) is 45.1 Å². The Labute approximate surface area is 149 Å². The zero-order chi connectivity index (χ0) is 18.3. The highest BCUT2D eigenvalue weighted by Gasteiger charge is 2.47. The van der Waals surface area contributed by atoms with Crippen LogP contribution in [0.2, 0.25) is 5.02 Å². The zero-order valence-electron chi connectivity index (χ0n) is 13.7. The van der Waals surface area contributed by atoms with E-state index >= 15 is 0 Å². The fourth-order valence-corrected chi connectivity index (χ4v) is 4.09. The summed E-state index contributed by atoms with van der Waals surface area (Å²) in [5.74, 6) is -4.30. The van der Waals surface area contributed by atoms with Gasteiger partial charge in [-0.25, -0.2) is 8.78 Å². The Morgan fingerprint density at radius 3 is 2.28 bits per heavy atom. The molecule has 0 spiro atoms. The summed E-state index contributed by atoms with van der Waals surface area (Å²) in [6.07, 6.45) is 4.28. The van der Waals surface area contributed by atoms with Crippen LogP contribution in [-0.4, -0.2) is 22.8 Å². The summed E-state index contributed by atoms with van der Waals surface area (Å²) in [5.41, 5.74) is -0.640. The van der Waals surface area contributed by atoms with E-state index in [1.807, 2.05) is 0 Å². The second-order valence-corrected chi connectivity index (χ2v) is 6.99. The van der Waals surface area contributed by atoms with Crippen LogP contribution in [-0.2, 0) is 9.59 Å². The van der Waals surface area contributed by atoms with Crippen molar-refractivity contribution >= 4 is 29.0 Å². The average Bonchev–Trinajstić information content (AvgIpc) is 2.80. The lowest BCUT2D eigenvalue weighted by Gasteiger charge is -2.35. The topological polar surface area (TPSA) is 57.6 Å². The van der Waals surface area contributed by atoms with Crippen molar-refractivity contribution in [2.75, 3.05) is 4.90 Å². The third kappa shape index (κ3) is 3.03. The summed E-state index contributed by atoms with van der Waals surface area (Å²) in [4.78, 5) is 25.5. The number of hydrogen-bond acceptors (Lipinski definition) is 3. The Morgan fingerprint density at radius 1 is 1.20 bits per heavy atom. The van der Waals surface area contributed by atoms with Crippen LogP contribution in [0, 0.1) is 17.6 Å². The first kappa shape index (κ1) is 17.9. The first-order valence-electron chi connectivity index (χ1n) is 8.25. The first-order valence-corrected chi connectivity index (χ1v) is 8.63. The summed E-state index contributed by atoms with van der Waals surface area (Å²) in [6, 6.07) is 0.956. The number of carbonyl (C=O) groups excluding carboxylic acids is 2. The number of aliphatic hydroxyl groups is 1. The van der Waals surface area contributed by atoms with Gasteiger partial charge in [0.05, 0.1) is 11.6 Å². The van der Waals surface area contributed by atoms with E-state index in [4.69, 9.17) is 11.6 Å². The minimum atomic E-state index is -1.00. The molecule has 0 saturated heterocycles. The molecule has 1 atom stereocenters. The molecule has 3 rings (SSSR count). The van der Waals surface area contributed by atoms with E-state index in [9.17, 15) is 23.5 Å². The monoisotopic (exact) mass is 369 g/mol. The lowest BCUT2D eigenvalue weighted by atomic mass is 9.80. The molecule has 134 valence electrons. The maximum atomic E-state index is 14.4. The SMILES string of the molecule is CC(=O)C1=C(O)C(=O)N(c2c(F)cc(Cl)cc2F)[C@@H]1C1CCCCC1. The standard InChI is InChI=1S/C18H18ClF2NO3/c1-9(23)14-15(10-5-3-2-4-6-10)22(18(25)17(14)24)16-12(20)7-11(19)8-13(16)21/h7-8,10,15,24H,2-6H2,1H3/t15-/m1/s1. The Kier molecular flexibility index (Phi) is 4.82. The third-order valence-corrected chi connectivity index (χ3v) is 5.17. The molecule has 0 unspecified atom stereocenters. The summed E-state index contributed by atoms with van der Waals surface area (Å²) in [5, 5.41) is 10.1. The van der Waals surface area contributed by atoms with Crippen LogP contribution in [0.3, 0.4) is 0 Å². The number of halogens is 3. The maximum absolute atomic E-state index is 14.4. The molecule has 0 radical (unpaired) electrons. The second-order valence-electron chi connectivity index (χ2n) is 6.55. The van der Waals surface area contributed by atoms with Crippen molar-refractivity contribution in [3.63, 3.8) is 0 Å². The molecule has 0 aromatic heterocycles. The fraction of sp³-hybridized carbons (Fsp3) is 0.444. The van der Waals surface area contributed by atoms with E-state index in [0.29, 0.717) is 0 Å². The van der Waals surface area contributed by atoms with Crippen molar-refractivity contribution < 1.29 is 23.5 Å². The Bertz CT molecular complexity index is 749. The molecule has 25 heavy (non-hydrogen) atoms. The zero-order valence-corrected chi connectivity index (χ0v) is 14.4. The third-order valence-electron chi connectivity index (χ3n) is 4.95. The summed E-state index contributed by atoms with van der Waals surface area (Å²) >= 11 is 5.66. The van der Waals surface area contributed by atoms with E-state index in [2.05, 4.69) is 0 Å². The molecule has 1 saturated carbocycles. The van der Waals surface area contributed by atoms with Gasteiger partial charge in [-0.15, -0.1) is 0 Å². The normalized spacial score (nSPS) is 22.0. The molecule has 1 fully saturated rings. The molecule has 4 nitrogen and oxygen atoms in total. The molecule has 1 aromatic rings. The van der Waals surface area contributed by atoms with E-state index in [-0.39, 0.29) is 16.5 Å². The molecule has 0 bridgehead atoms. The molecule has 1 amide bonds. The highest BCUT2D eigenvalue weighted by Crippen LogP contribution is 2.42. The van der Waals surface area contributed by atoms with Crippen LogP contribution < -0.4 is 4.90 Å². The average molecular weight is 370 g/mol. The number of aliphatic hydroxyl groups excluding tert-OH is 1. The summed E-state index contributed by atoms with van der Waals surface area (Å²) < 4.78 is 28.9. The molecule has 7 heteroatoms. The predicted octanol–water partition coefficient (Wildman–Crippen LogP) is 4.31. The van der Waals surface area contributed by atoms with Gasteiger partial charge in [-0.05, 0) is 37.8 Å². The highest BCUT2D eigenvalue weighted by atomic mass is 35.5. The lowest BCUT2D eigenvalue weighted by Crippen LogP contribution is -2.43. The Balaban J connectivity index is 2.14. The van der Waals surface area contributed by atoms with Crippen molar-refractivity contribution in [3.05, 3.63) is 40.1 Å². The molecule has 1 heterocycles. The summed E-state index contributed by atoms with van der Waals surface area (Å²) in [7, 11) is 0. The van der Waals surface area contributed by atoms with Gasteiger partial charge in [0.1, 0.15) is 5.69 Å². The van der Waals surface area contributed by atoms with E-state index < -0.39 is 40.8 Å². The van der Waals surface area contributed by atoms with Crippen LogP contribution in [0.25, 0.3) is 0 Å². The number of nitrogens with zero attached hydrogens (tertiary/aromatic N) is 1. The van der Waals surface area contributed by atoms with Gasteiger partial charge in [-0.2, -0.15) is 0 Å². The van der Waals surface area contributed by atoms with Crippen LogP contribution >= 0.6 is 11.6 Å². The second kappa shape index (κ2) is 6.75. The van der Waals surface area contributed by atoms with Gasteiger partial charge in [-0.3, -0.25) is 14.5 Å². The number of amides is 1. The largest absolute Gasteiger partial charge is 0.503 e. The minimum absolute atomic E-state index is 0.0642. The van der Waals surface area contributed by atoms with Gasteiger partial charge in [-0.1, -0.05) is 30.9 Å². The molecule has 2 aliphatic rings. The predicted molar refractivity (Wildman–Crippen MR) is 89.6 cm³/mol. The van der Waals surface area contributed by atoms with E-state index in [0.717, 1.165) is 49.1 Å². The Morgan fingerprint density at radius 2 is 1.76 bits per heavy atom. The van der Waals surface area contributed by atoms with Gasteiger partial charge in [0.15, 0.2) is 23.2 Å². The van der Waals surface area contributed by atoms with Crippen molar-refractivity contribution in [3.8, 4) is 0 Å². The van der Waals surface area contributed by atoms with E-state index in [1.54, 1.807) is 0 Å². The fourth-order valence-electron chi connectivity index (χ4n) is 3.90. The van der Waals surface area contributed by atoms with Gasteiger partial charge in [0, 0.05) is 5.02 Å². The lowest BCUT2D eigenvalue weighted by molar-refractivity contribution is -0.117. The van der Waals surface area contributed by atoms with Crippen LogP contribution in [0.1, 0.15) is 39.0 Å². The van der Waals surface area contributed by atoms with Gasteiger partial charge in [0.25, 0.3) is 5.91 Å². The molecule has 1 aliphatic heterocycles. The smallest absolute Gasteiger partial charge is 0.294 e. The van der Waals surface area contributed by atoms with Crippen molar-refractivity contribution in [2.24, 2.45) is 5.92 Å². The number of benzene rings is 1. The maximum Gasteiger partial charge on any atom is 0.294 e. The quantitative estimate of drug-likeness (QED) is 0.863. The number of Topliss-reactive ketones (excluding diaryl/α,β-unsaturated/α-hetero) is 1. The molecule has 1 aromatic carbocycles. The number of hydrogen-bond donors (Lipinski definition) is 1. The van der Waals surface area contributed by atoms with Crippen LogP contribution in [0.15, 0.2) is 23.5 Å². The first-order chi connectivity index (χ1) is 11.8. The minimum Gasteiger partial charge on any atom is -0.503 e. The number of rotatable bonds is 3. The molecule has 1 N–H and O–H groups in total. The Hall–Kier alpha value is -1.95. The van der Waals surface area contributed by atoms with Crippen LogP contribution in [0.4, 0.5) is 14.5 Å². The molecular weight excluding hydrogens is 352 g/mol. The number of anilines is 1.